The van der Waals surface area contributed by atoms with Crippen LogP contribution in [0.15, 0.2) is 60.8 Å². The van der Waals surface area contributed by atoms with Gasteiger partial charge in [-0.3, -0.25) is 0 Å². The van der Waals surface area contributed by atoms with E-state index in [1.165, 1.54) is 0 Å². The number of carbonyl (C=O) groups is 1. The summed E-state index contributed by atoms with van der Waals surface area (Å²) in [5, 5.41) is 5.55. The molecule has 36 heavy (non-hydrogen) atoms. The van der Waals surface area contributed by atoms with Gasteiger partial charge in [0.05, 0.1) is 22.4 Å². The molecule has 1 aromatic carbocycles. The summed E-state index contributed by atoms with van der Waals surface area (Å²) in [4.78, 5) is 17.2. The van der Waals surface area contributed by atoms with E-state index in [1.54, 1.807) is 33.0 Å². The number of rotatable bonds is 5. The lowest BCUT2D eigenvalue weighted by Crippen LogP contribution is -2.42. The second kappa shape index (κ2) is 9.75. The maximum absolute atomic E-state index is 12.5. The largest absolute Gasteiger partial charge is 0.442 e. The lowest BCUT2D eigenvalue weighted by Gasteiger charge is -2.25. The van der Waals surface area contributed by atoms with Gasteiger partial charge in [0.15, 0.2) is 12.0 Å². The number of benzene rings is 1. The molecule has 1 amide bonds. The van der Waals surface area contributed by atoms with Crippen molar-refractivity contribution >= 4 is 22.9 Å². The third-order valence-corrected chi connectivity index (χ3v) is 6.12. The summed E-state index contributed by atoms with van der Waals surface area (Å²) in [6.45, 7) is 6.77. The van der Waals surface area contributed by atoms with Gasteiger partial charge in [-0.25, -0.2) is 20.3 Å². The van der Waals surface area contributed by atoms with Crippen molar-refractivity contribution in [1.29, 1.82) is 0 Å². The van der Waals surface area contributed by atoms with E-state index in [4.69, 9.17) is 20.3 Å². The van der Waals surface area contributed by atoms with Crippen molar-refractivity contribution in [2.24, 2.45) is 5.84 Å². The van der Waals surface area contributed by atoms with Gasteiger partial charge in [0.1, 0.15) is 5.60 Å². The molecule has 9 heteroatoms. The van der Waals surface area contributed by atoms with E-state index in [1.807, 2.05) is 41.1 Å². The Balaban J connectivity index is 1.58. The summed E-state index contributed by atoms with van der Waals surface area (Å²) >= 11 is 0. The molecule has 9 nitrogen and oxygen atoms in total. The Morgan fingerprint density at radius 3 is 2.67 bits per heavy atom. The average Bonchev–Trinajstić information content (AvgIpc) is 3.48. The zero-order valence-corrected chi connectivity index (χ0v) is 20.9. The van der Waals surface area contributed by atoms with Crippen LogP contribution in [0.3, 0.4) is 0 Å². The normalized spacial score (nSPS) is 16.3. The van der Waals surface area contributed by atoms with Crippen molar-refractivity contribution < 1.29 is 14.3 Å². The first-order valence-corrected chi connectivity index (χ1v) is 12.3. The predicted octanol–water partition coefficient (Wildman–Crippen LogP) is 5.26. The van der Waals surface area contributed by atoms with Crippen LogP contribution in [0.4, 0.5) is 10.6 Å². The van der Waals surface area contributed by atoms with E-state index in [0.717, 1.165) is 58.9 Å². The Bertz CT molecular complexity index is 1350. The Hall–Kier alpha value is -3.69. The summed E-state index contributed by atoms with van der Waals surface area (Å²) < 4.78 is 15.6. The number of anilines is 1. The highest BCUT2D eigenvalue weighted by Crippen LogP contribution is 2.33. The summed E-state index contributed by atoms with van der Waals surface area (Å²) in [7, 11) is 0. The minimum absolute atomic E-state index is 0.0952. The van der Waals surface area contributed by atoms with Crippen LogP contribution in [0.25, 0.3) is 22.4 Å². The minimum atomic E-state index is -0.662. The van der Waals surface area contributed by atoms with Gasteiger partial charge in [0.25, 0.3) is 0 Å². The van der Waals surface area contributed by atoms with Crippen molar-refractivity contribution in [2.75, 3.05) is 11.6 Å². The third kappa shape index (κ3) is 4.98. The standard InChI is InChI=1S/C27H32N6O3/c1-27(2,3)36-26(34)32(28)24-13-12-21-20(30-24)17-23(31(21)18-19-9-5-4-6-10-19)22-14-15-29-33(22)25-11-7-8-16-35-25/h4-6,9-10,12-15,17,25H,7-8,11,16,18,28H2,1-3H3. The van der Waals surface area contributed by atoms with Crippen LogP contribution in [0.5, 0.6) is 0 Å². The van der Waals surface area contributed by atoms with Gasteiger partial charge >= 0.3 is 6.09 Å². The molecular weight excluding hydrogens is 456 g/mol. The molecule has 5 rings (SSSR count). The van der Waals surface area contributed by atoms with E-state index in [0.29, 0.717) is 12.4 Å². The molecule has 0 saturated carbocycles. The van der Waals surface area contributed by atoms with Crippen LogP contribution >= 0.6 is 0 Å². The van der Waals surface area contributed by atoms with E-state index in [9.17, 15) is 4.79 Å². The van der Waals surface area contributed by atoms with Gasteiger partial charge in [-0.15, -0.1) is 0 Å². The second-order valence-corrected chi connectivity index (χ2v) is 10.0. The molecule has 0 aliphatic carbocycles. The van der Waals surface area contributed by atoms with Crippen LogP contribution in [0.1, 0.15) is 51.8 Å². The number of aromatic nitrogens is 4. The fraction of sp³-hybridized carbons (Fsp3) is 0.370. The molecule has 1 aliphatic heterocycles. The van der Waals surface area contributed by atoms with Crippen molar-refractivity contribution in [3.63, 3.8) is 0 Å². The lowest BCUT2D eigenvalue weighted by molar-refractivity contribution is -0.0384. The molecule has 0 bridgehead atoms. The topological polar surface area (TPSA) is 100 Å². The van der Waals surface area contributed by atoms with Crippen LogP contribution in [-0.4, -0.2) is 37.6 Å². The first-order valence-electron chi connectivity index (χ1n) is 12.3. The van der Waals surface area contributed by atoms with Gasteiger partial charge < -0.3 is 14.0 Å². The van der Waals surface area contributed by atoms with Crippen molar-refractivity contribution in [2.45, 2.75) is 58.4 Å². The monoisotopic (exact) mass is 488 g/mol. The number of nitrogens with two attached hydrogens (primary N) is 1. The lowest BCUT2D eigenvalue weighted by atomic mass is 10.2. The molecule has 0 radical (unpaired) electrons. The number of ether oxygens (including phenoxy) is 2. The fourth-order valence-corrected chi connectivity index (χ4v) is 4.48. The number of carbonyl (C=O) groups excluding carboxylic acids is 1. The maximum Gasteiger partial charge on any atom is 0.430 e. The predicted molar refractivity (Wildman–Crippen MR) is 138 cm³/mol. The summed E-state index contributed by atoms with van der Waals surface area (Å²) in [6.07, 6.45) is 4.16. The summed E-state index contributed by atoms with van der Waals surface area (Å²) in [5.41, 5.74) is 4.06. The quantitative estimate of drug-likeness (QED) is 0.234. The Morgan fingerprint density at radius 2 is 1.94 bits per heavy atom. The maximum atomic E-state index is 12.5. The molecular formula is C27H32N6O3. The number of nitrogens with zero attached hydrogens (tertiary/aromatic N) is 5. The molecule has 2 N–H and O–H groups in total. The summed E-state index contributed by atoms with van der Waals surface area (Å²) in [5.74, 6) is 6.39. The minimum Gasteiger partial charge on any atom is -0.442 e. The highest BCUT2D eigenvalue weighted by atomic mass is 16.6. The van der Waals surface area contributed by atoms with Gasteiger partial charge in [-0.05, 0) is 69.9 Å². The number of hydrogen-bond acceptors (Lipinski definition) is 6. The van der Waals surface area contributed by atoms with E-state index >= 15 is 0 Å². The van der Waals surface area contributed by atoms with Crippen molar-refractivity contribution in [1.82, 2.24) is 19.3 Å². The molecule has 188 valence electrons. The van der Waals surface area contributed by atoms with Gasteiger partial charge in [-0.1, -0.05) is 30.3 Å². The van der Waals surface area contributed by atoms with Crippen molar-refractivity contribution in [3.05, 3.63) is 66.4 Å². The molecule has 1 fully saturated rings. The molecule has 0 spiro atoms. The molecule has 1 aliphatic rings. The van der Waals surface area contributed by atoms with Gasteiger partial charge in [0, 0.05) is 19.3 Å². The van der Waals surface area contributed by atoms with Gasteiger partial charge in [-0.2, -0.15) is 10.1 Å². The van der Waals surface area contributed by atoms with Crippen molar-refractivity contribution in [3.8, 4) is 11.4 Å². The van der Waals surface area contributed by atoms with Crippen LogP contribution in [0.2, 0.25) is 0 Å². The van der Waals surface area contributed by atoms with E-state index < -0.39 is 11.7 Å². The molecule has 1 atom stereocenters. The SMILES string of the molecule is CC(C)(C)OC(=O)N(N)c1ccc2c(cc(-c3ccnn3C3CCCCO3)n2Cc2ccccc2)n1. The first-order chi connectivity index (χ1) is 17.3. The van der Waals surface area contributed by atoms with E-state index in [-0.39, 0.29) is 6.23 Å². The first kappa shape index (κ1) is 24.0. The number of hydrogen-bond donors (Lipinski definition) is 1. The number of pyridine rings is 1. The van der Waals surface area contributed by atoms with Gasteiger partial charge in [0.2, 0.25) is 0 Å². The Morgan fingerprint density at radius 1 is 1.14 bits per heavy atom. The Kier molecular flexibility index (Phi) is 6.51. The third-order valence-electron chi connectivity index (χ3n) is 6.12. The smallest absolute Gasteiger partial charge is 0.430 e. The average molecular weight is 489 g/mol. The molecule has 1 saturated heterocycles. The fourth-order valence-electron chi connectivity index (χ4n) is 4.48. The molecule has 1 unspecified atom stereocenters. The van der Waals surface area contributed by atoms with Crippen LogP contribution in [0, 0.1) is 0 Å². The van der Waals surface area contributed by atoms with Crippen LogP contribution < -0.4 is 10.9 Å². The zero-order valence-electron chi connectivity index (χ0n) is 20.9. The zero-order chi connectivity index (χ0) is 25.3. The van der Waals surface area contributed by atoms with E-state index in [2.05, 4.69) is 21.8 Å². The summed E-state index contributed by atoms with van der Waals surface area (Å²) in [6, 6.07) is 18.0. The van der Waals surface area contributed by atoms with Crippen LogP contribution in [-0.2, 0) is 16.0 Å². The molecule has 4 aromatic rings. The number of fused-ring (bicyclic) bond motifs is 1. The Labute approximate surface area is 210 Å². The second-order valence-electron chi connectivity index (χ2n) is 10.0. The number of hydrazine groups is 1. The molecule has 3 aromatic heterocycles. The number of amides is 1. The highest BCUT2D eigenvalue weighted by Gasteiger charge is 2.25. The molecule has 4 heterocycles. The highest BCUT2D eigenvalue weighted by molar-refractivity contribution is 5.89.